The fourth-order valence-electron chi connectivity index (χ4n) is 3.55. The van der Waals surface area contributed by atoms with Crippen molar-refractivity contribution in [1.82, 2.24) is 15.1 Å². The van der Waals surface area contributed by atoms with Gasteiger partial charge in [0.05, 0.1) is 11.6 Å². The number of nitrogens with zero attached hydrogens (tertiary/aromatic N) is 2. The highest BCUT2D eigenvalue weighted by Gasteiger charge is 2.22. The second kappa shape index (κ2) is 10.8. The lowest BCUT2D eigenvalue weighted by Gasteiger charge is -2.31. The van der Waals surface area contributed by atoms with Gasteiger partial charge in [-0.25, -0.2) is 0 Å². The Labute approximate surface area is 208 Å². The highest BCUT2D eigenvalue weighted by molar-refractivity contribution is 6.32. The van der Waals surface area contributed by atoms with Crippen molar-refractivity contribution in [2.24, 2.45) is 0 Å². The molecule has 0 radical (unpaired) electrons. The number of likely N-dealkylation sites (tertiary alicyclic amines) is 1. The second-order valence-electron chi connectivity index (χ2n) is 8.36. The number of methoxy groups -OCH3 is 1. The lowest BCUT2D eigenvalue weighted by molar-refractivity contribution is 0.0651. The summed E-state index contributed by atoms with van der Waals surface area (Å²) in [5, 5.41) is 9.85. The molecule has 184 valence electrons. The quantitative estimate of drug-likeness (QED) is 0.444. The molecule has 10 heteroatoms. The molecule has 0 unspecified atom stereocenters. The van der Waals surface area contributed by atoms with Crippen LogP contribution in [0.3, 0.4) is 0 Å². The number of carbonyl (C=O) groups is 2. The summed E-state index contributed by atoms with van der Waals surface area (Å²) in [5.74, 6) is 1.09. The van der Waals surface area contributed by atoms with Gasteiger partial charge < -0.3 is 24.4 Å². The number of nitrogens with one attached hydrogen (secondary N) is 2. The van der Waals surface area contributed by atoms with Gasteiger partial charge in [-0.1, -0.05) is 11.6 Å². The summed E-state index contributed by atoms with van der Waals surface area (Å²) in [6.45, 7) is 5.58. The molecule has 4 rings (SSSR count). The van der Waals surface area contributed by atoms with Crippen molar-refractivity contribution in [3.8, 4) is 17.2 Å². The Bertz CT molecular complexity index is 1220. The SMILES string of the molecule is COC[C@H](C)Oc1cc(Oc2ccc(C(=O)N3CCC3)cc2Cl)cc(C(=O)Nc2cc(C)[nH]n2)c1. The van der Waals surface area contributed by atoms with Crippen LogP contribution in [0.4, 0.5) is 5.82 Å². The molecule has 2 amide bonds. The fraction of sp³-hybridized carbons (Fsp3) is 0.320. The van der Waals surface area contributed by atoms with Gasteiger partial charge in [0.2, 0.25) is 0 Å². The summed E-state index contributed by atoms with van der Waals surface area (Å²) >= 11 is 6.43. The van der Waals surface area contributed by atoms with Gasteiger partial charge in [0, 0.05) is 49.2 Å². The number of hydrogen-bond acceptors (Lipinski definition) is 6. The molecule has 0 bridgehead atoms. The number of H-pyrrole nitrogens is 1. The average Bonchev–Trinajstić information content (AvgIpc) is 3.18. The number of hydrogen-bond donors (Lipinski definition) is 2. The Morgan fingerprint density at radius 1 is 1.14 bits per heavy atom. The molecule has 1 aromatic heterocycles. The molecule has 1 atom stereocenters. The number of aromatic nitrogens is 2. The molecule has 35 heavy (non-hydrogen) atoms. The van der Waals surface area contributed by atoms with Crippen molar-refractivity contribution in [3.05, 3.63) is 64.3 Å². The third kappa shape index (κ3) is 6.12. The van der Waals surface area contributed by atoms with Crippen LogP contribution in [0.1, 0.15) is 39.8 Å². The molecule has 3 aromatic rings. The van der Waals surface area contributed by atoms with E-state index in [1.807, 2.05) is 13.8 Å². The van der Waals surface area contributed by atoms with Crippen LogP contribution in [-0.2, 0) is 4.74 Å². The molecule has 1 aliphatic heterocycles. The van der Waals surface area contributed by atoms with E-state index in [0.717, 1.165) is 25.2 Å². The Morgan fingerprint density at radius 2 is 1.91 bits per heavy atom. The molecule has 2 heterocycles. The number of benzene rings is 2. The van der Waals surface area contributed by atoms with E-state index in [-0.39, 0.29) is 22.9 Å². The zero-order chi connectivity index (χ0) is 24.9. The van der Waals surface area contributed by atoms with Gasteiger partial charge in [-0.05, 0) is 50.6 Å². The predicted octanol–water partition coefficient (Wildman–Crippen LogP) is 4.68. The van der Waals surface area contributed by atoms with Crippen LogP contribution in [0.15, 0.2) is 42.5 Å². The Morgan fingerprint density at radius 3 is 2.54 bits per heavy atom. The minimum atomic E-state index is -0.382. The highest BCUT2D eigenvalue weighted by Crippen LogP contribution is 2.33. The highest BCUT2D eigenvalue weighted by atomic mass is 35.5. The van der Waals surface area contributed by atoms with Gasteiger partial charge in [-0.15, -0.1) is 0 Å². The first-order chi connectivity index (χ1) is 16.8. The first kappa shape index (κ1) is 24.6. The molecule has 0 saturated carbocycles. The zero-order valence-electron chi connectivity index (χ0n) is 19.8. The second-order valence-corrected chi connectivity index (χ2v) is 8.77. The number of aromatic amines is 1. The smallest absolute Gasteiger partial charge is 0.257 e. The standard InChI is InChI=1S/C25H27ClN4O5/c1-15-9-23(29-28-15)27-24(31)18-10-19(34-16(2)14-33-3)13-20(11-18)35-22-6-5-17(12-21(22)26)25(32)30-7-4-8-30/h5-6,9-13,16H,4,7-8,14H2,1-3H3,(H2,27,28,29,31)/t16-/m0/s1. The van der Waals surface area contributed by atoms with Gasteiger partial charge in [-0.2, -0.15) is 5.10 Å². The van der Waals surface area contributed by atoms with Crippen molar-refractivity contribution in [2.45, 2.75) is 26.4 Å². The Balaban J connectivity index is 1.58. The predicted molar refractivity (Wildman–Crippen MR) is 132 cm³/mol. The van der Waals surface area contributed by atoms with E-state index >= 15 is 0 Å². The molecule has 1 fully saturated rings. The van der Waals surface area contributed by atoms with E-state index in [1.165, 1.54) is 0 Å². The number of carbonyl (C=O) groups excluding carboxylic acids is 2. The van der Waals surface area contributed by atoms with Gasteiger partial charge in [0.25, 0.3) is 11.8 Å². The van der Waals surface area contributed by atoms with Crippen molar-refractivity contribution >= 4 is 29.2 Å². The largest absolute Gasteiger partial charge is 0.488 e. The summed E-state index contributed by atoms with van der Waals surface area (Å²) in [5.41, 5.74) is 1.63. The molecule has 1 saturated heterocycles. The number of anilines is 1. The topological polar surface area (TPSA) is 106 Å². The normalized spacial score (nSPS) is 13.7. The molecule has 1 aliphatic rings. The molecule has 9 nitrogen and oxygen atoms in total. The van der Waals surface area contributed by atoms with Gasteiger partial charge in [0.15, 0.2) is 5.82 Å². The first-order valence-corrected chi connectivity index (χ1v) is 11.6. The molecule has 0 aliphatic carbocycles. The number of amides is 2. The number of rotatable bonds is 9. The van der Waals surface area contributed by atoms with E-state index in [9.17, 15) is 9.59 Å². The van der Waals surface area contributed by atoms with Gasteiger partial charge in [0.1, 0.15) is 23.4 Å². The third-order valence-electron chi connectivity index (χ3n) is 5.38. The lowest BCUT2D eigenvalue weighted by Crippen LogP contribution is -2.41. The van der Waals surface area contributed by atoms with Crippen LogP contribution in [0.5, 0.6) is 17.2 Å². The van der Waals surface area contributed by atoms with Crippen molar-refractivity contribution in [2.75, 3.05) is 32.1 Å². The van der Waals surface area contributed by atoms with E-state index in [1.54, 1.807) is 54.5 Å². The number of halogens is 1. The minimum absolute atomic E-state index is 0.0558. The van der Waals surface area contributed by atoms with Crippen LogP contribution in [-0.4, -0.2) is 59.8 Å². The molecule has 2 N–H and O–H groups in total. The number of ether oxygens (including phenoxy) is 3. The minimum Gasteiger partial charge on any atom is -0.488 e. The first-order valence-electron chi connectivity index (χ1n) is 11.2. The third-order valence-corrected chi connectivity index (χ3v) is 5.67. The molecular weight excluding hydrogens is 472 g/mol. The van der Waals surface area contributed by atoms with Crippen LogP contribution in [0.25, 0.3) is 0 Å². The maximum atomic E-state index is 12.9. The summed E-state index contributed by atoms with van der Waals surface area (Å²) in [6.07, 6.45) is 0.758. The van der Waals surface area contributed by atoms with Gasteiger partial charge in [-0.3, -0.25) is 14.7 Å². The van der Waals surface area contributed by atoms with E-state index in [2.05, 4.69) is 15.5 Å². The van der Waals surface area contributed by atoms with Crippen LogP contribution in [0, 0.1) is 6.92 Å². The molecule has 0 spiro atoms. The monoisotopic (exact) mass is 498 g/mol. The summed E-state index contributed by atoms with van der Waals surface area (Å²) < 4.78 is 17.1. The zero-order valence-corrected chi connectivity index (χ0v) is 20.5. The summed E-state index contributed by atoms with van der Waals surface area (Å²) in [4.78, 5) is 27.1. The Kier molecular flexibility index (Phi) is 7.57. The number of aryl methyl sites for hydroxylation is 1. The molecule has 2 aromatic carbocycles. The van der Waals surface area contributed by atoms with Crippen LogP contribution >= 0.6 is 11.6 Å². The fourth-order valence-corrected chi connectivity index (χ4v) is 3.77. The van der Waals surface area contributed by atoms with Crippen molar-refractivity contribution in [3.63, 3.8) is 0 Å². The van der Waals surface area contributed by atoms with Gasteiger partial charge >= 0.3 is 0 Å². The van der Waals surface area contributed by atoms with E-state index in [0.29, 0.717) is 40.8 Å². The van der Waals surface area contributed by atoms with Crippen LogP contribution in [0.2, 0.25) is 5.02 Å². The van der Waals surface area contributed by atoms with Crippen molar-refractivity contribution in [1.29, 1.82) is 0 Å². The van der Waals surface area contributed by atoms with E-state index in [4.69, 9.17) is 25.8 Å². The average molecular weight is 499 g/mol. The summed E-state index contributed by atoms with van der Waals surface area (Å²) in [7, 11) is 1.59. The summed E-state index contributed by atoms with van der Waals surface area (Å²) in [6, 6.07) is 11.5. The maximum Gasteiger partial charge on any atom is 0.257 e. The maximum absolute atomic E-state index is 12.9. The molecular formula is C25H27ClN4O5. The van der Waals surface area contributed by atoms with E-state index < -0.39 is 0 Å². The van der Waals surface area contributed by atoms with Crippen molar-refractivity contribution < 1.29 is 23.8 Å². The Hall–Kier alpha value is -3.56. The van der Waals surface area contributed by atoms with Crippen LogP contribution < -0.4 is 14.8 Å². The lowest BCUT2D eigenvalue weighted by atomic mass is 10.1.